The Morgan fingerprint density at radius 3 is 1.50 bits per heavy atom. The predicted octanol–water partition coefficient (Wildman–Crippen LogP) is 7.06. The molecule has 5 nitrogen and oxygen atoms in total. The third-order valence-corrected chi connectivity index (χ3v) is 6.06. The lowest BCUT2D eigenvalue weighted by molar-refractivity contribution is -0.169. The number of ether oxygens (including phenoxy) is 5. The number of hydrogen-bond acceptors (Lipinski definition) is 5. The van der Waals surface area contributed by atoms with Crippen LogP contribution in [0, 0.1) is 0 Å². The van der Waals surface area contributed by atoms with Gasteiger partial charge in [-0.3, -0.25) is 0 Å². The molecular weight excluding hydrogens is 404 g/mol. The lowest BCUT2D eigenvalue weighted by Gasteiger charge is -2.22. The van der Waals surface area contributed by atoms with E-state index in [-0.39, 0.29) is 6.29 Å². The van der Waals surface area contributed by atoms with Crippen molar-refractivity contribution >= 4 is 0 Å². The van der Waals surface area contributed by atoms with Gasteiger partial charge in [-0.1, -0.05) is 90.4 Å². The van der Waals surface area contributed by atoms with Crippen LogP contribution < -0.4 is 0 Å². The van der Waals surface area contributed by atoms with Gasteiger partial charge >= 0.3 is 0 Å². The highest BCUT2D eigenvalue weighted by atomic mass is 16.7. The number of unbranched alkanes of at least 4 members (excludes halogenated alkanes) is 13. The summed E-state index contributed by atoms with van der Waals surface area (Å²) in [4.78, 5) is 0. The largest absolute Gasteiger partial charge is 0.379 e. The monoisotopic (exact) mass is 458 g/mol. The van der Waals surface area contributed by atoms with Gasteiger partial charge in [0.2, 0.25) is 0 Å². The van der Waals surface area contributed by atoms with E-state index in [0.717, 1.165) is 26.1 Å². The highest BCUT2D eigenvalue weighted by Gasteiger charge is 2.13. The lowest BCUT2D eigenvalue weighted by atomic mass is 10.0. The Kier molecular flexibility index (Phi) is 23.7. The minimum atomic E-state index is -0.0273. The summed E-state index contributed by atoms with van der Waals surface area (Å²) < 4.78 is 27.8. The van der Waals surface area contributed by atoms with Gasteiger partial charge in [-0.05, 0) is 25.7 Å². The van der Waals surface area contributed by atoms with Gasteiger partial charge in [-0.25, -0.2) is 0 Å². The van der Waals surface area contributed by atoms with E-state index in [2.05, 4.69) is 6.92 Å². The Hall–Kier alpha value is -0.200. The van der Waals surface area contributed by atoms with E-state index in [9.17, 15) is 0 Å². The number of hydrogen-bond donors (Lipinski definition) is 0. The van der Waals surface area contributed by atoms with Crippen LogP contribution in [0.1, 0.15) is 116 Å². The lowest BCUT2D eigenvalue weighted by Crippen LogP contribution is -2.24. The second-order valence-corrected chi connectivity index (χ2v) is 9.10. The van der Waals surface area contributed by atoms with E-state index in [4.69, 9.17) is 23.7 Å². The fraction of sp³-hybridized carbons (Fsp3) is 1.00. The van der Waals surface area contributed by atoms with E-state index in [0.29, 0.717) is 39.6 Å². The fourth-order valence-corrected chi connectivity index (χ4v) is 4.02. The first-order chi connectivity index (χ1) is 15.9. The predicted molar refractivity (Wildman–Crippen MR) is 132 cm³/mol. The molecule has 0 radical (unpaired) electrons. The molecule has 0 aromatic rings. The van der Waals surface area contributed by atoms with Crippen molar-refractivity contribution in [2.45, 2.75) is 122 Å². The normalized spacial score (nSPS) is 16.6. The van der Waals surface area contributed by atoms with E-state index in [1.807, 2.05) is 0 Å². The molecule has 1 atom stereocenters. The second-order valence-electron chi connectivity index (χ2n) is 9.10. The zero-order chi connectivity index (χ0) is 22.8. The van der Waals surface area contributed by atoms with Crippen LogP contribution in [0.25, 0.3) is 0 Å². The van der Waals surface area contributed by atoms with Gasteiger partial charge in [0, 0.05) is 13.2 Å². The molecule has 0 N–H and O–H groups in total. The minimum Gasteiger partial charge on any atom is -0.379 e. The SMILES string of the molecule is CCCCCCCCCCCCCCCCOCCOCCOCCOC1CCCCO1. The molecule has 0 spiro atoms. The van der Waals surface area contributed by atoms with Gasteiger partial charge in [0.05, 0.1) is 39.6 Å². The van der Waals surface area contributed by atoms with Crippen molar-refractivity contribution in [2.75, 3.05) is 52.9 Å². The summed E-state index contributed by atoms with van der Waals surface area (Å²) >= 11 is 0. The summed E-state index contributed by atoms with van der Waals surface area (Å²) in [6, 6.07) is 0. The summed E-state index contributed by atoms with van der Waals surface area (Å²) in [5, 5.41) is 0. The maximum absolute atomic E-state index is 5.65. The smallest absolute Gasteiger partial charge is 0.157 e. The van der Waals surface area contributed by atoms with E-state index in [1.165, 1.54) is 96.3 Å². The molecule has 32 heavy (non-hydrogen) atoms. The molecule has 0 aromatic heterocycles. The Morgan fingerprint density at radius 2 is 1.00 bits per heavy atom. The van der Waals surface area contributed by atoms with Crippen molar-refractivity contribution in [2.24, 2.45) is 0 Å². The van der Waals surface area contributed by atoms with Crippen LogP contribution in [0.3, 0.4) is 0 Å². The highest BCUT2D eigenvalue weighted by molar-refractivity contribution is 4.54. The van der Waals surface area contributed by atoms with Crippen molar-refractivity contribution in [1.82, 2.24) is 0 Å². The van der Waals surface area contributed by atoms with Gasteiger partial charge in [0.15, 0.2) is 6.29 Å². The number of rotatable bonds is 25. The van der Waals surface area contributed by atoms with Crippen molar-refractivity contribution in [3.8, 4) is 0 Å². The molecule has 1 unspecified atom stereocenters. The maximum atomic E-state index is 5.65. The molecule has 0 saturated carbocycles. The minimum absolute atomic E-state index is 0.0273. The molecule has 1 saturated heterocycles. The van der Waals surface area contributed by atoms with Gasteiger partial charge < -0.3 is 23.7 Å². The van der Waals surface area contributed by atoms with Crippen molar-refractivity contribution < 1.29 is 23.7 Å². The molecular formula is C27H54O5. The molecule has 1 aliphatic rings. The average Bonchev–Trinajstić information content (AvgIpc) is 2.82. The Balaban J connectivity index is 1.62. The van der Waals surface area contributed by atoms with Crippen LogP contribution in [0.4, 0.5) is 0 Å². The van der Waals surface area contributed by atoms with Crippen LogP contribution in [0.15, 0.2) is 0 Å². The van der Waals surface area contributed by atoms with Gasteiger partial charge in [0.1, 0.15) is 0 Å². The summed E-state index contributed by atoms with van der Waals surface area (Å²) in [7, 11) is 0. The molecule has 5 heteroatoms. The molecule has 0 aromatic carbocycles. The highest BCUT2D eigenvalue weighted by Crippen LogP contribution is 2.14. The van der Waals surface area contributed by atoms with Gasteiger partial charge in [-0.2, -0.15) is 0 Å². The molecule has 0 amide bonds. The van der Waals surface area contributed by atoms with E-state index < -0.39 is 0 Å². The Labute approximate surface area is 199 Å². The van der Waals surface area contributed by atoms with Crippen LogP contribution in [0.2, 0.25) is 0 Å². The second kappa shape index (κ2) is 25.4. The summed E-state index contributed by atoms with van der Waals surface area (Å²) in [6.45, 7) is 7.70. The van der Waals surface area contributed by atoms with Crippen LogP contribution in [-0.2, 0) is 23.7 Å². The van der Waals surface area contributed by atoms with Crippen molar-refractivity contribution in [3.05, 3.63) is 0 Å². The molecule has 1 fully saturated rings. The van der Waals surface area contributed by atoms with Crippen LogP contribution in [-0.4, -0.2) is 59.1 Å². The summed E-state index contributed by atoms with van der Waals surface area (Å²) in [6.07, 6.45) is 22.8. The molecule has 0 bridgehead atoms. The Morgan fingerprint density at radius 1 is 0.531 bits per heavy atom. The summed E-state index contributed by atoms with van der Waals surface area (Å²) in [5.41, 5.74) is 0. The molecule has 1 heterocycles. The maximum Gasteiger partial charge on any atom is 0.157 e. The van der Waals surface area contributed by atoms with Gasteiger partial charge in [-0.15, -0.1) is 0 Å². The van der Waals surface area contributed by atoms with E-state index >= 15 is 0 Å². The zero-order valence-electron chi connectivity index (χ0n) is 21.3. The molecule has 1 aliphatic heterocycles. The Bertz CT molecular complexity index is 347. The van der Waals surface area contributed by atoms with Crippen molar-refractivity contribution in [3.63, 3.8) is 0 Å². The molecule has 1 rings (SSSR count). The van der Waals surface area contributed by atoms with Crippen LogP contribution in [0.5, 0.6) is 0 Å². The molecule has 192 valence electrons. The standard InChI is InChI=1S/C27H54O5/c1-2-3-4-5-6-7-8-9-10-11-12-13-14-16-19-28-21-22-29-23-24-30-25-26-32-27-18-15-17-20-31-27/h27H,2-26H2,1H3. The van der Waals surface area contributed by atoms with E-state index in [1.54, 1.807) is 0 Å². The quantitative estimate of drug-likeness (QED) is 0.137. The fourth-order valence-electron chi connectivity index (χ4n) is 4.02. The first-order valence-corrected chi connectivity index (χ1v) is 13.9. The third-order valence-electron chi connectivity index (χ3n) is 6.06. The van der Waals surface area contributed by atoms with Crippen LogP contribution >= 0.6 is 0 Å². The first-order valence-electron chi connectivity index (χ1n) is 13.9. The van der Waals surface area contributed by atoms with Gasteiger partial charge in [0.25, 0.3) is 0 Å². The third kappa shape index (κ3) is 21.6. The molecule has 0 aliphatic carbocycles. The average molecular weight is 459 g/mol. The van der Waals surface area contributed by atoms with Crippen molar-refractivity contribution in [1.29, 1.82) is 0 Å². The first kappa shape index (κ1) is 29.8. The topological polar surface area (TPSA) is 46.2 Å². The zero-order valence-corrected chi connectivity index (χ0v) is 21.3. The summed E-state index contributed by atoms with van der Waals surface area (Å²) in [5.74, 6) is 0.